The minimum Gasteiger partial charge on any atom is -0.325 e. The first-order chi connectivity index (χ1) is 7.16. The number of hydrogen-bond donors (Lipinski definition) is 2. The molecule has 1 amide bonds. The average molecular weight is 208 g/mol. The van der Waals surface area contributed by atoms with Gasteiger partial charge in [-0.05, 0) is 43.7 Å². The maximum absolute atomic E-state index is 12.9. The molecular formula is C11H13FN2O. The third-order valence-corrected chi connectivity index (χ3v) is 2.57. The highest BCUT2D eigenvalue weighted by Crippen LogP contribution is 2.14. The molecule has 0 aliphatic carbocycles. The summed E-state index contributed by atoms with van der Waals surface area (Å²) in [5.74, 6) is -0.304. The monoisotopic (exact) mass is 208 g/mol. The van der Waals surface area contributed by atoms with Crippen LogP contribution in [0.4, 0.5) is 10.1 Å². The predicted molar refractivity (Wildman–Crippen MR) is 56.2 cm³/mol. The topological polar surface area (TPSA) is 41.1 Å². The van der Waals surface area contributed by atoms with E-state index in [1.165, 1.54) is 6.07 Å². The Kier molecular flexibility index (Phi) is 2.68. The van der Waals surface area contributed by atoms with Gasteiger partial charge >= 0.3 is 0 Å². The van der Waals surface area contributed by atoms with Crippen molar-refractivity contribution in [1.82, 2.24) is 5.32 Å². The van der Waals surface area contributed by atoms with Crippen molar-refractivity contribution in [2.45, 2.75) is 19.4 Å². The van der Waals surface area contributed by atoms with Crippen molar-refractivity contribution in [2.75, 3.05) is 11.9 Å². The van der Waals surface area contributed by atoms with Gasteiger partial charge in [-0.1, -0.05) is 0 Å². The Morgan fingerprint density at radius 3 is 2.87 bits per heavy atom. The van der Waals surface area contributed by atoms with Crippen LogP contribution in [0.3, 0.4) is 0 Å². The molecule has 2 N–H and O–H groups in total. The highest BCUT2D eigenvalue weighted by molar-refractivity contribution is 5.95. The number of benzene rings is 1. The van der Waals surface area contributed by atoms with E-state index in [1.807, 2.05) is 0 Å². The quantitative estimate of drug-likeness (QED) is 0.772. The lowest BCUT2D eigenvalue weighted by atomic mass is 10.1. The lowest BCUT2D eigenvalue weighted by molar-refractivity contribution is -0.119. The molecule has 0 radical (unpaired) electrons. The molecule has 0 unspecified atom stereocenters. The van der Waals surface area contributed by atoms with Crippen LogP contribution in [0.5, 0.6) is 0 Å². The number of carbonyl (C=O) groups is 1. The van der Waals surface area contributed by atoms with Crippen molar-refractivity contribution in [3.05, 3.63) is 29.6 Å². The molecule has 80 valence electrons. The van der Waals surface area contributed by atoms with Crippen LogP contribution >= 0.6 is 0 Å². The van der Waals surface area contributed by atoms with Crippen LogP contribution in [0.1, 0.15) is 12.0 Å². The standard InChI is InChI=1S/C11H13FN2O/c1-7-6-8(2-3-9(7)12)14-11(15)10-4-5-13-10/h2-3,6,10,13H,4-5H2,1H3,(H,14,15)/t10-/m1/s1. The molecule has 1 atom stereocenters. The Balaban J connectivity index is 2.03. The molecule has 0 saturated carbocycles. The fraction of sp³-hybridized carbons (Fsp3) is 0.364. The highest BCUT2D eigenvalue weighted by atomic mass is 19.1. The molecule has 1 saturated heterocycles. The molecule has 3 nitrogen and oxygen atoms in total. The average Bonchev–Trinajstić information content (AvgIpc) is 2.08. The lowest BCUT2D eigenvalue weighted by Crippen LogP contribution is -2.50. The maximum Gasteiger partial charge on any atom is 0.241 e. The molecule has 0 bridgehead atoms. The molecule has 1 aliphatic heterocycles. The first-order valence-electron chi connectivity index (χ1n) is 4.97. The summed E-state index contributed by atoms with van der Waals surface area (Å²) < 4.78 is 12.9. The summed E-state index contributed by atoms with van der Waals surface area (Å²) in [6.07, 6.45) is 0.867. The zero-order valence-corrected chi connectivity index (χ0v) is 8.51. The molecule has 4 heteroatoms. The predicted octanol–water partition coefficient (Wildman–Crippen LogP) is 1.43. The molecule has 1 heterocycles. The number of aryl methyl sites for hydroxylation is 1. The molecular weight excluding hydrogens is 195 g/mol. The number of amides is 1. The van der Waals surface area contributed by atoms with Gasteiger partial charge in [0.05, 0.1) is 6.04 Å². The van der Waals surface area contributed by atoms with Gasteiger partial charge in [-0.15, -0.1) is 0 Å². The van der Waals surface area contributed by atoms with E-state index in [1.54, 1.807) is 19.1 Å². The lowest BCUT2D eigenvalue weighted by Gasteiger charge is -2.26. The summed E-state index contributed by atoms with van der Waals surface area (Å²) in [6.45, 7) is 2.56. The minimum absolute atomic E-state index is 0.0488. The van der Waals surface area contributed by atoms with Gasteiger partial charge in [-0.2, -0.15) is 0 Å². The summed E-state index contributed by atoms with van der Waals surface area (Å²) in [4.78, 5) is 11.5. The molecule has 0 spiro atoms. The van der Waals surface area contributed by atoms with Crippen molar-refractivity contribution < 1.29 is 9.18 Å². The SMILES string of the molecule is Cc1cc(NC(=O)[C@H]2CCN2)ccc1F. The van der Waals surface area contributed by atoms with Crippen LogP contribution in [-0.2, 0) is 4.79 Å². The van der Waals surface area contributed by atoms with E-state index in [0.717, 1.165) is 13.0 Å². The summed E-state index contributed by atoms with van der Waals surface area (Å²) in [6, 6.07) is 4.47. The van der Waals surface area contributed by atoms with Crippen molar-refractivity contribution in [3.8, 4) is 0 Å². The van der Waals surface area contributed by atoms with E-state index in [-0.39, 0.29) is 17.8 Å². The van der Waals surface area contributed by atoms with Gasteiger partial charge in [0, 0.05) is 5.69 Å². The highest BCUT2D eigenvalue weighted by Gasteiger charge is 2.24. The second kappa shape index (κ2) is 3.98. The molecule has 1 aliphatic rings. The van der Waals surface area contributed by atoms with E-state index < -0.39 is 0 Å². The number of rotatable bonds is 2. The Labute approximate surface area is 87.7 Å². The second-order valence-electron chi connectivity index (χ2n) is 3.75. The van der Waals surface area contributed by atoms with Gasteiger partial charge < -0.3 is 10.6 Å². The van der Waals surface area contributed by atoms with Gasteiger partial charge in [0.2, 0.25) is 5.91 Å². The van der Waals surface area contributed by atoms with Crippen LogP contribution in [0.25, 0.3) is 0 Å². The van der Waals surface area contributed by atoms with Crippen LogP contribution in [0.15, 0.2) is 18.2 Å². The van der Waals surface area contributed by atoms with E-state index >= 15 is 0 Å². The van der Waals surface area contributed by atoms with E-state index in [4.69, 9.17) is 0 Å². The van der Waals surface area contributed by atoms with Crippen LogP contribution in [-0.4, -0.2) is 18.5 Å². The fourth-order valence-corrected chi connectivity index (χ4v) is 1.46. The molecule has 1 aromatic rings. The Morgan fingerprint density at radius 2 is 2.33 bits per heavy atom. The van der Waals surface area contributed by atoms with Crippen molar-refractivity contribution in [2.24, 2.45) is 0 Å². The third-order valence-electron chi connectivity index (χ3n) is 2.57. The van der Waals surface area contributed by atoms with Crippen LogP contribution in [0.2, 0.25) is 0 Å². The number of halogens is 1. The zero-order valence-electron chi connectivity index (χ0n) is 8.51. The Bertz CT molecular complexity index is 388. The largest absolute Gasteiger partial charge is 0.325 e. The van der Waals surface area contributed by atoms with Crippen LogP contribution < -0.4 is 10.6 Å². The molecule has 2 rings (SSSR count). The normalized spacial score (nSPS) is 19.5. The number of anilines is 1. The summed E-state index contributed by atoms with van der Waals surface area (Å²) in [7, 11) is 0. The smallest absolute Gasteiger partial charge is 0.241 e. The number of hydrogen-bond acceptors (Lipinski definition) is 2. The number of nitrogens with one attached hydrogen (secondary N) is 2. The van der Waals surface area contributed by atoms with Gasteiger partial charge in [0.15, 0.2) is 0 Å². The third kappa shape index (κ3) is 2.15. The van der Waals surface area contributed by atoms with Crippen molar-refractivity contribution >= 4 is 11.6 Å². The van der Waals surface area contributed by atoms with Crippen molar-refractivity contribution in [1.29, 1.82) is 0 Å². The molecule has 15 heavy (non-hydrogen) atoms. The zero-order chi connectivity index (χ0) is 10.8. The van der Waals surface area contributed by atoms with Gasteiger partial charge in [0.1, 0.15) is 5.82 Å². The first-order valence-corrected chi connectivity index (χ1v) is 4.97. The van der Waals surface area contributed by atoms with Gasteiger partial charge in [-0.3, -0.25) is 4.79 Å². The first kappa shape index (κ1) is 10.1. The fourth-order valence-electron chi connectivity index (χ4n) is 1.46. The molecule has 1 fully saturated rings. The van der Waals surface area contributed by atoms with Crippen LogP contribution in [0, 0.1) is 12.7 Å². The Morgan fingerprint density at radius 1 is 1.60 bits per heavy atom. The summed E-state index contributed by atoms with van der Waals surface area (Å²) in [5.41, 5.74) is 1.18. The van der Waals surface area contributed by atoms with E-state index in [9.17, 15) is 9.18 Å². The number of carbonyl (C=O) groups excluding carboxylic acids is 1. The second-order valence-corrected chi connectivity index (χ2v) is 3.75. The molecule has 0 aromatic heterocycles. The molecule has 1 aromatic carbocycles. The van der Waals surface area contributed by atoms with Gasteiger partial charge in [-0.25, -0.2) is 4.39 Å². The van der Waals surface area contributed by atoms with Gasteiger partial charge in [0.25, 0.3) is 0 Å². The minimum atomic E-state index is -0.255. The Hall–Kier alpha value is -1.42. The summed E-state index contributed by atoms with van der Waals surface area (Å²) in [5, 5.41) is 5.75. The van der Waals surface area contributed by atoms with E-state index in [0.29, 0.717) is 11.3 Å². The maximum atomic E-state index is 12.9. The van der Waals surface area contributed by atoms with E-state index in [2.05, 4.69) is 10.6 Å². The van der Waals surface area contributed by atoms with Crippen molar-refractivity contribution in [3.63, 3.8) is 0 Å². The summed E-state index contributed by atoms with van der Waals surface area (Å²) >= 11 is 0.